The fourth-order valence-corrected chi connectivity index (χ4v) is 3.35. The van der Waals surface area contributed by atoms with E-state index in [-0.39, 0.29) is 6.61 Å². The first-order chi connectivity index (χ1) is 10.2. The molecular formula is C13H18O8S. The molecule has 4 atom stereocenters. The SMILES string of the molecule is CC(=O)OC[C@@H]1S[C@@H](OC(C)=O)[C@@H](OC(C)=O)[C@@H]1OC(C)=O. The number of ether oxygens (including phenoxy) is 4. The second-order valence-corrected chi connectivity index (χ2v) is 5.95. The van der Waals surface area contributed by atoms with Crippen molar-refractivity contribution in [2.24, 2.45) is 0 Å². The molecule has 0 N–H and O–H groups in total. The van der Waals surface area contributed by atoms with Gasteiger partial charge in [0.1, 0.15) is 6.61 Å². The Hall–Kier alpha value is -1.77. The highest BCUT2D eigenvalue weighted by Crippen LogP contribution is 2.39. The summed E-state index contributed by atoms with van der Waals surface area (Å²) in [7, 11) is 0. The molecule has 1 saturated heterocycles. The smallest absolute Gasteiger partial charge is 0.303 e. The molecule has 1 fully saturated rings. The summed E-state index contributed by atoms with van der Waals surface area (Å²) in [6.45, 7) is 4.80. The van der Waals surface area contributed by atoms with Crippen molar-refractivity contribution in [1.82, 2.24) is 0 Å². The summed E-state index contributed by atoms with van der Waals surface area (Å²) in [5.74, 6) is -2.25. The molecule has 1 heterocycles. The van der Waals surface area contributed by atoms with Crippen LogP contribution < -0.4 is 0 Å². The summed E-state index contributed by atoms with van der Waals surface area (Å²) in [6, 6.07) is 0. The van der Waals surface area contributed by atoms with Gasteiger partial charge in [-0.3, -0.25) is 19.2 Å². The van der Waals surface area contributed by atoms with Crippen molar-refractivity contribution in [3.63, 3.8) is 0 Å². The lowest BCUT2D eigenvalue weighted by Gasteiger charge is -2.24. The van der Waals surface area contributed by atoms with Crippen molar-refractivity contribution < 1.29 is 38.1 Å². The minimum absolute atomic E-state index is 0.0620. The van der Waals surface area contributed by atoms with E-state index in [0.29, 0.717) is 0 Å². The van der Waals surface area contributed by atoms with E-state index >= 15 is 0 Å². The molecule has 1 rings (SSSR count). The quantitative estimate of drug-likeness (QED) is 0.522. The molecule has 0 radical (unpaired) electrons. The number of esters is 4. The van der Waals surface area contributed by atoms with Gasteiger partial charge in [0.2, 0.25) is 0 Å². The maximum atomic E-state index is 11.3. The Morgan fingerprint density at radius 2 is 1.27 bits per heavy atom. The molecule has 9 heteroatoms. The van der Waals surface area contributed by atoms with E-state index in [1.807, 2.05) is 0 Å². The Labute approximate surface area is 131 Å². The molecular weight excluding hydrogens is 316 g/mol. The Kier molecular flexibility index (Phi) is 6.66. The van der Waals surface area contributed by atoms with Crippen LogP contribution in [-0.4, -0.2) is 53.4 Å². The second kappa shape index (κ2) is 8.02. The van der Waals surface area contributed by atoms with E-state index in [2.05, 4.69) is 0 Å². The largest absolute Gasteiger partial charge is 0.465 e. The van der Waals surface area contributed by atoms with Crippen molar-refractivity contribution in [3.05, 3.63) is 0 Å². The number of carbonyl (C=O) groups is 4. The van der Waals surface area contributed by atoms with Gasteiger partial charge in [0.05, 0.1) is 5.25 Å². The van der Waals surface area contributed by atoms with Crippen LogP contribution in [0.4, 0.5) is 0 Å². The number of hydrogen-bond acceptors (Lipinski definition) is 9. The zero-order valence-corrected chi connectivity index (χ0v) is 13.5. The van der Waals surface area contributed by atoms with E-state index in [0.717, 1.165) is 11.8 Å². The summed E-state index contributed by atoms with van der Waals surface area (Å²) < 4.78 is 20.3. The first-order valence-electron chi connectivity index (χ1n) is 6.51. The van der Waals surface area contributed by atoms with Crippen molar-refractivity contribution in [2.45, 2.75) is 50.6 Å². The van der Waals surface area contributed by atoms with Crippen molar-refractivity contribution in [3.8, 4) is 0 Å². The first kappa shape index (κ1) is 18.3. The van der Waals surface area contributed by atoms with Crippen LogP contribution in [0.15, 0.2) is 0 Å². The van der Waals surface area contributed by atoms with Crippen molar-refractivity contribution in [1.29, 1.82) is 0 Å². The molecule has 0 aliphatic carbocycles. The van der Waals surface area contributed by atoms with Gasteiger partial charge in [-0.15, -0.1) is 11.8 Å². The van der Waals surface area contributed by atoms with Gasteiger partial charge in [0.25, 0.3) is 0 Å². The van der Waals surface area contributed by atoms with Crippen LogP contribution in [0.1, 0.15) is 27.7 Å². The topological polar surface area (TPSA) is 105 Å². The van der Waals surface area contributed by atoms with Crippen molar-refractivity contribution in [2.75, 3.05) is 6.61 Å². The van der Waals surface area contributed by atoms with Gasteiger partial charge in [-0.25, -0.2) is 0 Å². The second-order valence-electron chi connectivity index (χ2n) is 4.60. The molecule has 0 aromatic heterocycles. The molecule has 1 aliphatic rings. The molecule has 22 heavy (non-hydrogen) atoms. The van der Waals surface area contributed by atoms with E-state index in [4.69, 9.17) is 18.9 Å². The van der Waals surface area contributed by atoms with E-state index in [1.54, 1.807) is 0 Å². The number of hydrogen-bond donors (Lipinski definition) is 0. The summed E-state index contributed by atoms with van der Waals surface area (Å²) in [6.07, 6.45) is -1.84. The summed E-state index contributed by atoms with van der Waals surface area (Å²) in [5.41, 5.74) is -0.841. The summed E-state index contributed by atoms with van der Waals surface area (Å²) in [5, 5.41) is -0.513. The number of carbonyl (C=O) groups excluding carboxylic acids is 4. The molecule has 0 aromatic carbocycles. The van der Waals surface area contributed by atoms with Gasteiger partial charge in [0.15, 0.2) is 17.6 Å². The average Bonchev–Trinajstić information content (AvgIpc) is 2.63. The van der Waals surface area contributed by atoms with Gasteiger partial charge >= 0.3 is 23.9 Å². The Morgan fingerprint density at radius 1 is 0.773 bits per heavy atom. The predicted molar refractivity (Wildman–Crippen MR) is 74.7 cm³/mol. The van der Waals surface area contributed by atoms with E-state index < -0.39 is 46.8 Å². The van der Waals surface area contributed by atoms with E-state index in [1.165, 1.54) is 27.7 Å². The molecule has 124 valence electrons. The Morgan fingerprint density at radius 3 is 1.73 bits per heavy atom. The molecule has 1 aliphatic heterocycles. The third-order valence-electron chi connectivity index (χ3n) is 2.60. The Bertz CT molecular complexity index is 463. The highest BCUT2D eigenvalue weighted by Gasteiger charge is 2.50. The minimum Gasteiger partial charge on any atom is -0.465 e. The van der Waals surface area contributed by atoms with Gasteiger partial charge in [-0.1, -0.05) is 0 Å². The molecule has 0 spiro atoms. The van der Waals surface area contributed by atoms with Crippen LogP contribution in [0.2, 0.25) is 0 Å². The van der Waals surface area contributed by atoms with Gasteiger partial charge in [-0.05, 0) is 0 Å². The van der Waals surface area contributed by atoms with Crippen LogP contribution in [0.3, 0.4) is 0 Å². The molecule has 0 bridgehead atoms. The van der Waals surface area contributed by atoms with Gasteiger partial charge in [0, 0.05) is 27.7 Å². The minimum atomic E-state index is -0.962. The molecule has 8 nitrogen and oxygen atoms in total. The Balaban J connectivity index is 2.94. The average molecular weight is 334 g/mol. The molecule has 0 aromatic rings. The zero-order valence-electron chi connectivity index (χ0n) is 12.7. The summed E-state index contributed by atoms with van der Waals surface area (Å²) in [4.78, 5) is 44.6. The third-order valence-corrected chi connectivity index (χ3v) is 3.99. The maximum absolute atomic E-state index is 11.3. The number of rotatable bonds is 5. The molecule has 0 saturated carbocycles. The number of thioether (sulfide) groups is 1. The van der Waals surface area contributed by atoms with Crippen LogP contribution in [0.5, 0.6) is 0 Å². The molecule has 0 amide bonds. The lowest BCUT2D eigenvalue weighted by atomic mass is 10.1. The highest BCUT2D eigenvalue weighted by molar-refractivity contribution is 8.00. The highest BCUT2D eigenvalue weighted by atomic mass is 32.2. The third kappa shape index (κ3) is 5.55. The summed E-state index contributed by atoms with van der Waals surface area (Å²) >= 11 is 1.11. The van der Waals surface area contributed by atoms with Crippen LogP contribution >= 0.6 is 11.8 Å². The normalized spacial score (nSPS) is 26.9. The lowest BCUT2D eigenvalue weighted by molar-refractivity contribution is -0.173. The van der Waals surface area contributed by atoms with Crippen LogP contribution in [-0.2, 0) is 38.1 Å². The van der Waals surface area contributed by atoms with Gasteiger partial charge in [-0.2, -0.15) is 0 Å². The standard InChI is InChI=1S/C13H18O8S/c1-6(14)18-5-10-11(19-7(2)15)12(20-8(3)16)13(22-10)21-9(4)17/h10-13H,5H2,1-4H3/t10-,11+,12-,13+/m0/s1. The van der Waals surface area contributed by atoms with Crippen LogP contribution in [0.25, 0.3) is 0 Å². The van der Waals surface area contributed by atoms with E-state index in [9.17, 15) is 19.2 Å². The molecule has 0 unspecified atom stereocenters. The predicted octanol–water partition coefficient (Wildman–Crippen LogP) is 0.417. The fraction of sp³-hybridized carbons (Fsp3) is 0.692. The monoisotopic (exact) mass is 334 g/mol. The van der Waals surface area contributed by atoms with Gasteiger partial charge < -0.3 is 18.9 Å². The fourth-order valence-electron chi connectivity index (χ4n) is 1.93. The maximum Gasteiger partial charge on any atom is 0.303 e. The zero-order chi connectivity index (χ0) is 16.9. The lowest BCUT2D eigenvalue weighted by Crippen LogP contribution is -2.42. The van der Waals surface area contributed by atoms with Crippen molar-refractivity contribution >= 4 is 35.6 Å². The van der Waals surface area contributed by atoms with Crippen LogP contribution in [0, 0.1) is 0 Å². The first-order valence-corrected chi connectivity index (χ1v) is 7.45.